The fraction of sp³-hybridized carbons (Fsp3) is 1.00. The molecule has 2 N–H and O–H groups in total. The van der Waals surface area contributed by atoms with Crippen molar-refractivity contribution < 1.29 is 18.3 Å². The Morgan fingerprint density at radius 3 is 2.62 bits per heavy atom. The first-order chi connectivity index (χ1) is 7.53. The molecule has 7 heteroatoms. The number of rotatable bonds is 6. The van der Waals surface area contributed by atoms with E-state index in [2.05, 4.69) is 9.62 Å². The highest BCUT2D eigenvalue weighted by Gasteiger charge is 2.17. The van der Waals surface area contributed by atoms with E-state index in [1.807, 2.05) is 6.92 Å². The smallest absolute Gasteiger partial charge is 0.214 e. The topological polar surface area (TPSA) is 78.9 Å². The summed E-state index contributed by atoms with van der Waals surface area (Å²) in [5, 5.41) is 8.59. The van der Waals surface area contributed by atoms with Crippen molar-refractivity contribution in [2.24, 2.45) is 0 Å². The summed E-state index contributed by atoms with van der Waals surface area (Å²) < 4.78 is 30.5. The predicted octanol–water partition coefficient (Wildman–Crippen LogP) is -1.38. The van der Waals surface area contributed by atoms with Gasteiger partial charge in [0.2, 0.25) is 10.0 Å². The van der Waals surface area contributed by atoms with Gasteiger partial charge in [0.1, 0.15) is 0 Å². The largest absolute Gasteiger partial charge is 0.395 e. The summed E-state index contributed by atoms with van der Waals surface area (Å²) in [6, 6.07) is -0.144. The molecule has 0 saturated carbocycles. The molecule has 0 spiro atoms. The summed E-state index contributed by atoms with van der Waals surface area (Å²) in [5.74, 6) is -0.236. The maximum atomic E-state index is 11.4. The van der Waals surface area contributed by atoms with Gasteiger partial charge in [0.15, 0.2) is 0 Å². The second-order valence-corrected chi connectivity index (χ2v) is 5.85. The van der Waals surface area contributed by atoms with Crippen LogP contribution in [0.4, 0.5) is 0 Å². The molecule has 1 rings (SSSR count). The van der Waals surface area contributed by atoms with Crippen molar-refractivity contribution in [1.29, 1.82) is 0 Å². The van der Waals surface area contributed by atoms with Crippen LogP contribution >= 0.6 is 0 Å². The van der Waals surface area contributed by atoms with Gasteiger partial charge in [0, 0.05) is 25.7 Å². The number of hydrogen-bond donors (Lipinski definition) is 2. The Balaban J connectivity index is 2.31. The Hall–Kier alpha value is -0.210. The lowest BCUT2D eigenvalue weighted by atomic mass is 10.3. The lowest BCUT2D eigenvalue weighted by Crippen LogP contribution is -2.46. The molecule has 0 aliphatic carbocycles. The lowest BCUT2D eigenvalue weighted by molar-refractivity contribution is 0.0354. The number of sulfonamides is 1. The minimum atomic E-state index is -3.34. The van der Waals surface area contributed by atoms with Crippen LogP contribution in [0.1, 0.15) is 6.92 Å². The van der Waals surface area contributed by atoms with Gasteiger partial charge in [-0.2, -0.15) is 0 Å². The number of ether oxygens (including phenoxy) is 1. The third-order valence-electron chi connectivity index (χ3n) is 2.38. The second kappa shape index (κ2) is 6.51. The molecule has 6 nitrogen and oxygen atoms in total. The third-order valence-corrected chi connectivity index (χ3v) is 3.86. The molecule has 0 aromatic heterocycles. The number of nitrogens with zero attached hydrogens (tertiary/aromatic N) is 1. The molecule has 1 atom stereocenters. The first-order valence-electron chi connectivity index (χ1n) is 5.44. The van der Waals surface area contributed by atoms with Crippen molar-refractivity contribution in [3.8, 4) is 0 Å². The Labute approximate surface area is 96.6 Å². The molecule has 1 saturated heterocycles. The molecular weight excluding hydrogens is 232 g/mol. The normalized spacial score (nSPS) is 20.9. The van der Waals surface area contributed by atoms with E-state index in [0.29, 0.717) is 19.8 Å². The predicted molar refractivity (Wildman–Crippen MR) is 60.7 cm³/mol. The molecule has 1 aliphatic heterocycles. The Bertz CT molecular complexity index is 288. The van der Waals surface area contributed by atoms with Crippen LogP contribution in [0, 0.1) is 0 Å². The van der Waals surface area contributed by atoms with Crippen LogP contribution in [0.25, 0.3) is 0 Å². The summed E-state index contributed by atoms with van der Waals surface area (Å²) in [6.07, 6.45) is 0. The van der Waals surface area contributed by atoms with Crippen molar-refractivity contribution in [3.05, 3.63) is 0 Å². The molecule has 16 heavy (non-hydrogen) atoms. The fourth-order valence-electron chi connectivity index (χ4n) is 1.69. The Morgan fingerprint density at radius 1 is 1.44 bits per heavy atom. The molecule has 1 fully saturated rings. The van der Waals surface area contributed by atoms with E-state index in [4.69, 9.17) is 9.84 Å². The Kier molecular flexibility index (Phi) is 5.63. The molecule has 0 aromatic rings. The van der Waals surface area contributed by atoms with Crippen LogP contribution in [0.5, 0.6) is 0 Å². The summed E-state index contributed by atoms with van der Waals surface area (Å²) in [6.45, 7) is 5.24. The molecule has 0 bridgehead atoms. The van der Waals surface area contributed by atoms with Gasteiger partial charge < -0.3 is 9.84 Å². The summed E-state index contributed by atoms with van der Waals surface area (Å²) in [7, 11) is -3.34. The maximum absolute atomic E-state index is 11.4. The third kappa shape index (κ3) is 5.22. The SMILES string of the molecule is CC(CN1CCOCC1)NS(=O)(=O)CCO. The zero-order valence-electron chi connectivity index (χ0n) is 9.55. The van der Waals surface area contributed by atoms with E-state index in [0.717, 1.165) is 13.1 Å². The second-order valence-electron chi connectivity index (χ2n) is 3.97. The number of morpholine rings is 1. The molecule has 1 aliphatic rings. The van der Waals surface area contributed by atoms with E-state index < -0.39 is 10.0 Å². The van der Waals surface area contributed by atoms with Gasteiger partial charge in [-0.15, -0.1) is 0 Å². The van der Waals surface area contributed by atoms with Crippen LogP contribution in [0.3, 0.4) is 0 Å². The van der Waals surface area contributed by atoms with E-state index in [1.54, 1.807) is 0 Å². The van der Waals surface area contributed by atoms with Crippen molar-refractivity contribution in [3.63, 3.8) is 0 Å². The number of aliphatic hydroxyl groups is 1. The first kappa shape index (κ1) is 13.9. The van der Waals surface area contributed by atoms with Crippen LogP contribution in [-0.2, 0) is 14.8 Å². The molecule has 1 unspecified atom stereocenters. The lowest BCUT2D eigenvalue weighted by Gasteiger charge is -2.29. The van der Waals surface area contributed by atoms with Crippen LogP contribution in [0.15, 0.2) is 0 Å². The minimum absolute atomic E-state index is 0.144. The van der Waals surface area contributed by atoms with Crippen LogP contribution in [-0.4, -0.2) is 69.7 Å². The summed E-state index contributed by atoms with van der Waals surface area (Å²) in [4.78, 5) is 2.16. The average Bonchev–Trinajstić information content (AvgIpc) is 2.17. The van der Waals surface area contributed by atoms with Crippen molar-refractivity contribution >= 4 is 10.0 Å². The number of nitrogens with one attached hydrogen (secondary N) is 1. The highest BCUT2D eigenvalue weighted by atomic mass is 32.2. The highest BCUT2D eigenvalue weighted by molar-refractivity contribution is 7.89. The molecule has 0 aromatic carbocycles. The van der Waals surface area contributed by atoms with Crippen LogP contribution < -0.4 is 4.72 Å². The molecule has 1 heterocycles. The molecule has 96 valence electrons. The molecular formula is C9H20N2O4S. The maximum Gasteiger partial charge on any atom is 0.214 e. The quantitative estimate of drug-likeness (QED) is 0.609. The van der Waals surface area contributed by atoms with Gasteiger partial charge in [-0.1, -0.05) is 0 Å². The van der Waals surface area contributed by atoms with Gasteiger partial charge in [-0.3, -0.25) is 4.90 Å². The molecule has 0 radical (unpaired) electrons. The van der Waals surface area contributed by atoms with Gasteiger partial charge in [-0.25, -0.2) is 13.1 Å². The minimum Gasteiger partial charge on any atom is -0.395 e. The first-order valence-corrected chi connectivity index (χ1v) is 7.09. The summed E-state index contributed by atoms with van der Waals surface area (Å²) in [5.41, 5.74) is 0. The van der Waals surface area contributed by atoms with Gasteiger partial charge >= 0.3 is 0 Å². The van der Waals surface area contributed by atoms with Crippen molar-refractivity contribution in [2.45, 2.75) is 13.0 Å². The monoisotopic (exact) mass is 252 g/mol. The van der Waals surface area contributed by atoms with E-state index in [1.165, 1.54) is 0 Å². The Morgan fingerprint density at radius 2 is 2.06 bits per heavy atom. The van der Waals surface area contributed by atoms with Crippen molar-refractivity contribution in [1.82, 2.24) is 9.62 Å². The fourth-order valence-corrected chi connectivity index (χ4v) is 2.74. The molecule has 0 amide bonds. The van der Waals surface area contributed by atoms with Crippen LogP contribution in [0.2, 0.25) is 0 Å². The zero-order valence-corrected chi connectivity index (χ0v) is 10.4. The van der Waals surface area contributed by atoms with E-state index in [9.17, 15) is 8.42 Å². The van der Waals surface area contributed by atoms with E-state index in [-0.39, 0.29) is 18.4 Å². The number of aliphatic hydroxyl groups excluding tert-OH is 1. The van der Waals surface area contributed by atoms with Gasteiger partial charge in [-0.05, 0) is 6.92 Å². The van der Waals surface area contributed by atoms with Crippen molar-refractivity contribution in [2.75, 3.05) is 45.2 Å². The van der Waals surface area contributed by atoms with Gasteiger partial charge in [0.05, 0.1) is 25.6 Å². The standard InChI is InChI=1S/C9H20N2O4S/c1-9(10-16(13,14)7-4-12)8-11-2-5-15-6-3-11/h9-10,12H,2-8H2,1H3. The highest BCUT2D eigenvalue weighted by Crippen LogP contribution is 1.99. The van der Waals surface area contributed by atoms with E-state index >= 15 is 0 Å². The van der Waals surface area contributed by atoms with Gasteiger partial charge in [0.25, 0.3) is 0 Å². The summed E-state index contributed by atoms with van der Waals surface area (Å²) >= 11 is 0. The average molecular weight is 252 g/mol. The zero-order chi connectivity index (χ0) is 12.0. The number of hydrogen-bond acceptors (Lipinski definition) is 5.